The first-order valence-corrected chi connectivity index (χ1v) is 10.5. The molecule has 0 atom stereocenters. The third-order valence-corrected chi connectivity index (χ3v) is 5.53. The number of ether oxygens (including phenoxy) is 1. The minimum Gasteiger partial charge on any atom is -0.404 e. The third kappa shape index (κ3) is 3.67. The number of hydrogen-bond acceptors (Lipinski definition) is 3. The number of rotatable bonds is 4. The highest BCUT2D eigenvalue weighted by atomic mass is 16.5. The molecule has 1 heterocycles. The Balaban J connectivity index is 1.60. The van der Waals surface area contributed by atoms with E-state index in [9.17, 15) is 4.79 Å². The Morgan fingerprint density at radius 1 is 0.812 bits per heavy atom. The molecule has 4 heteroatoms. The van der Waals surface area contributed by atoms with Crippen molar-refractivity contribution in [2.24, 2.45) is 0 Å². The molecule has 4 nitrogen and oxygen atoms in total. The van der Waals surface area contributed by atoms with Crippen LogP contribution in [-0.2, 0) is 0 Å². The highest BCUT2D eigenvalue weighted by Crippen LogP contribution is 2.29. The molecule has 32 heavy (non-hydrogen) atoms. The van der Waals surface area contributed by atoms with Crippen LogP contribution in [0.5, 0.6) is 5.88 Å². The molecule has 4 aromatic carbocycles. The van der Waals surface area contributed by atoms with Gasteiger partial charge in [-0.15, -0.1) is 0 Å². The van der Waals surface area contributed by atoms with Gasteiger partial charge in [-0.25, -0.2) is 4.79 Å². The van der Waals surface area contributed by atoms with Crippen LogP contribution in [0.4, 0.5) is 0 Å². The minimum atomic E-state index is -0.410. The second-order valence-electron chi connectivity index (χ2n) is 7.85. The summed E-state index contributed by atoms with van der Waals surface area (Å²) in [5.41, 5.74) is 5.31. The fourth-order valence-corrected chi connectivity index (χ4v) is 3.96. The van der Waals surface area contributed by atoms with Gasteiger partial charge in [-0.1, -0.05) is 84.4 Å². The quantitative estimate of drug-likeness (QED) is 0.312. The van der Waals surface area contributed by atoms with Crippen molar-refractivity contribution >= 4 is 16.7 Å². The summed E-state index contributed by atoms with van der Waals surface area (Å²) in [6, 6.07) is 31.3. The molecule has 0 amide bonds. The van der Waals surface area contributed by atoms with Gasteiger partial charge in [0.05, 0.1) is 16.9 Å². The monoisotopic (exact) mass is 418 g/mol. The third-order valence-electron chi connectivity index (χ3n) is 5.53. The van der Waals surface area contributed by atoms with Gasteiger partial charge < -0.3 is 4.74 Å². The van der Waals surface area contributed by atoms with Crippen molar-refractivity contribution in [2.75, 3.05) is 0 Å². The van der Waals surface area contributed by atoms with Crippen LogP contribution < -0.4 is 4.74 Å². The van der Waals surface area contributed by atoms with E-state index in [0.29, 0.717) is 11.4 Å². The summed E-state index contributed by atoms with van der Waals surface area (Å²) < 4.78 is 7.65. The molecule has 0 unspecified atom stereocenters. The molecule has 0 aliphatic heterocycles. The predicted molar refractivity (Wildman–Crippen MR) is 127 cm³/mol. The summed E-state index contributed by atoms with van der Waals surface area (Å²) in [5.74, 6) is -0.0268. The van der Waals surface area contributed by atoms with Crippen LogP contribution in [0.3, 0.4) is 0 Å². The van der Waals surface area contributed by atoms with Crippen molar-refractivity contribution < 1.29 is 9.53 Å². The van der Waals surface area contributed by atoms with E-state index in [1.54, 1.807) is 10.7 Å². The lowest BCUT2D eigenvalue weighted by Crippen LogP contribution is -2.12. The van der Waals surface area contributed by atoms with Gasteiger partial charge in [-0.2, -0.15) is 9.78 Å². The number of nitrogens with zero attached hydrogens (tertiary/aromatic N) is 2. The Morgan fingerprint density at radius 3 is 2.38 bits per heavy atom. The van der Waals surface area contributed by atoms with E-state index in [1.807, 2.05) is 91.9 Å². The van der Waals surface area contributed by atoms with Gasteiger partial charge in [0.15, 0.2) is 0 Å². The first-order valence-electron chi connectivity index (χ1n) is 10.5. The van der Waals surface area contributed by atoms with Crippen molar-refractivity contribution in [1.82, 2.24) is 9.78 Å². The van der Waals surface area contributed by atoms with E-state index in [0.717, 1.165) is 38.8 Å². The largest absolute Gasteiger partial charge is 0.404 e. The lowest BCUT2D eigenvalue weighted by Gasteiger charge is -2.11. The zero-order valence-electron chi connectivity index (χ0n) is 17.9. The molecule has 0 fully saturated rings. The molecule has 0 radical (unpaired) electrons. The summed E-state index contributed by atoms with van der Waals surface area (Å²) in [4.78, 5) is 13.2. The van der Waals surface area contributed by atoms with Gasteiger partial charge in [-0.05, 0) is 42.3 Å². The molecule has 0 aliphatic rings. The van der Waals surface area contributed by atoms with Crippen LogP contribution in [0.15, 0.2) is 97.1 Å². The van der Waals surface area contributed by atoms with Crippen LogP contribution in [0.1, 0.15) is 21.5 Å². The maximum absolute atomic E-state index is 13.2. The van der Waals surface area contributed by atoms with Gasteiger partial charge >= 0.3 is 5.97 Å². The van der Waals surface area contributed by atoms with E-state index >= 15 is 0 Å². The molecule has 0 saturated carbocycles. The molecular weight excluding hydrogens is 396 g/mol. The number of fused-ring (bicyclic) bond motifs is 1. The van der Waals surface area contributed by atoms with E-state index in [-0.39, 0.29) is 0 Å². The van der Waals surface area contributed by atoms with E-state index in [2.05, 4.69) is 13.0 Å². The Kier molecular flexibility index (Phi) is 5.04. The van der Waals surface area contributed by atoms with Gasteiger partial charge in [0.2, 0.25) is 5.88 Å². The van der Waals surface area contributed by atoms with Crippen molar-refractivity contribution in [2.45, 2.75) is 13.8 Å². The first-order chi connectivity index (χ1) is 15.6. The minimum absolute atomic E-state index is 0.383. The molecule has 0 aliphatic carbocycles. The second-order valence-corrected chi connectivity index (χ2v) is 7.85. The lowest BCUT2D eigenvalue weighted by molar-refractivity contribution is 0.0725. The van der Waals surface area contributed by atoms with Crippen LogP contribution in [0.25, 0.3) is 27.7 Å². The van der Waals surface area contributed by atoms with Crippen molar-refractivity contribution in [3.05, 3.63) is 114 Å². The standard InChI is InChI=1S/C28H22N2O2/c1-19-15-16-26(20(2)17-19)30-27(18-25(29-30)22-10-4-3-5-11-22)32-28(31)24-14-8-12-21-9-6-7-13-23(21)24/h3-18H,1-2H3. The van der Waals surface area contributed by atoms with Crippen LogP contribution in [0, 0.1) is 13.8 Å². The number of aromatic nitrogens is 2. The molecule has 0 saturated heterocycles. The number of esters is 1. The van der Waals surface area contributed by atoms with Crippen molar-refractivity contribution in [3.8, 4) is 22.8 Å². The Hall–Kier alpha value is -4.18. The van der Waals surface area contributed by atoms with Crippen LogP contribution >= 0.6 is 0 Å². The van der Waals surface area contributed by atoms with Crippen molar-refractivity contribution in [1.29, 1.82) is 0 Å². The lowest BCUT2D eigenvalue weighted by atomic mass is 10.1. The summed E-state index contributed by atoms with van der Waals surface area (Å²) in [6.45, 7) is 4.08. The van der Waals surface area contributed by atoms with Gasteiger partial charge in [0.1, 0.15) is 0 Å². The summed E-state index contributed by atoms with van der Waals surface area (Å²) >= 11 is 0. The van der Waals surface area contributed by atoms with Crippen LogP contribution in [-0.4, -0.2) is 15.7 Å². The topological polar surface area (TPSA) is 44.1 Å². The van der Waals surface area contributed by atoms with E-state index in [4.69, 9.17) is 9.84 Å². The summed E-state index contributed by atoms with van der Waals surface area (Å²) in [5, 5.41) is 6.65. The number of carbonyl (C=O) groups excluding carboxylic acids is 1. The van der Waals surface area contributed by atoms with E-state index in [1.165, 1.54) is 0 Å². The normalized spacial score (nSPS) is 10.9. The fraction of sp³-hybridized carbons (Fsp3) is 0.0714. The summed E-state index contributed by atoms with van der Waals surface area (Å²) in [6.07, 6.45) is 0. The zero-order valence-corrected chi connectivity index (χ0v) is 17.9. The van der Waals surface area contributed by atoms with Crippen LogP contribution in [0.2, 0.25) is 0 Å². The molecular formula is C28H22N2O2. The van der Waals surface area contributed by atoms with Gasteiger partial charge in [0.25, 0.3) is 0 Å². The zero-order chi connectivity index (χ0) is 22.1. The van der Waals surface area contributed by atoms with Gasteiger partial charge in [-0.3, -0.25) is 0 Å². The molecule has 5 rings (SSSR count). The van der Waals surface area contributed by atoms with Crippen molar-refractivity contribution in [3.63, 3.8) is 0 Å². The average molecular weight is 418 g/mol. The van der Waals surface area contributed by atoms with E-state index < -0.39 is 5.97 Å². The second kappa shape index (κ2) is 8.16. The molecule has 156 valence electrons. The number of carbonyl (C=O) groups is 1. The SMILES string of the molecule is Cc1ccc(-n2nc(-c3ccccc3)cc2OC(=O)c2cccc3ccccc23)c(C)c1. The first kappa shape index (κ1) is 19.8. The Bertz CT molecular complexity index is 1430. The smallest absolute Gasteiger partial charge is 0.345 e. The number of aryl methyl sites for hydroxylation is 2. The Labute approximate surface area is 186 Å². The molecule has 0 spiro atoms. The molecule has 5 aromatic rings. The molecule has 1 aromatic heterocycles. The number of hydrogen-bond donors (Lipinski definition) is 0. The fourth-order valence-electron chi connectivity index (χ4n) is 3.96. The highest BCUT2D eigenvalue weighted by Gasteiger charge is 2.19. The Morgan fingerprint density at radius 2 is 1.56 bits per heavy atom. The maximum Gasteiger partial charge on any atom is 0.345 e. The summed E-state index contributed by atoms with van der Waals surface area (Å²) in [7, 11) is 0. The maximum atomic E-state index is 13.2. The molecule has 0 N–H and O–H groups in total. The molecule has 0 bridgehead atoms. The average Bonchev–Trinajstić information content (AvgIpc) is 3.22. The highest BCUT2D eigenvalue weighted by molar-refractivity contribution is 6.05. The predicted octanol–water partition coefficient (Wildman–Crippen LogP) is 6.53. The van der Waals surface area contributed by atoms with Gasteiger partial charge in [0, 0.05) is 11.6 Å². The number of benzene rings is 4.